The van der Waals surface area contributed by atoms with Gasteiger partial charge in [-0.2, -0.15) is 0 Å². The van der Waals surface area contributed by atoms with Gasteiger partial charge in [0.05, 0.1) is 26.5 Å². The van der Waals surface area contributed by atoms with E-state index in [0.717, 1.165) is 49.7 Å². The first-order chi connectivity index (χ1) is 12.2. The highest BCUT2D eigenvalue weighted by Crippen LogP contribution is 2.33. The van der Waals surface area contributed by atoms with Gasteiger partial charge in [0.15, 0.2) is 11.5 Å². The molecule has 0 unspecified atom stereocenters. The molecule has 0 aliphatic carbocycles. The van der Waals surface area contributed by atoms with Crippen LogP contribution < -0.4 is 19.9 Å². The Hall–Kier alpha value is -2.40. The first kappa shape index (κ1) is 17.4. The second-order valence-electron chi connectivity index (χ2n) is 6.24. The predicted octanol–water partition coefficient (Wildman–Crippen LogP) is 3.11. The number of para-hydroxylation sites is 2. The van der Waals surface area contributed by atoms with Crippen LogP contribution in [0.25, 0.3) is 0 Å². The van der Waals surface area contributed by atoms with E-state index in [1.807, 2.05) is 24.3 Å². The minimum absolute atomic E-state index is 0.670. The Labute approximate surface area is 149 Å². The van der Waals surface area contributed by atoms with Crippen LogP contribution in [0.1, 0.15) is 17.5 Å². The summed E-state index contributed by atoms with van der Waals surface area (Å²) in [5.74, 6) is 2.37. The molecule has 1 heterocycles. The van der Waals surface area contributed by atoms with Gasteiger partial charge in [-0.05, 0) is 48.2 Å². The van der Waals surface area contributed by atoms with Crippen molar-refractivity contribution in [3.05, 3.63) is 47.5 Å². The number of hydrogen-bond acceptors (Lipinski definition) is 5. The van der Waals surface area contributed by atoms with Gasteiger partial charge >= 0.3 is 0 Å². The molecule has 1 aliphatic heterocycles. The SMILES string of the molecule is COc1cc2c(cc1OC)CN(CCCOc1ccccc1N)CC2. The zero-order valence-corrected chi connectivity index (χ0v) is 15.0. The number of benzene rings is 2. The van der Waals surface area contributed by atoms with Crippen molar-refractivity contribution in [2.75, 3.05) is 39.6 Å². The van der Waals surface area contributed by atoms with Crippen LogP contribution in [0.3, 0.4) is 0 Å². The summed E-state index contributed by atoms with van der Waals surface area (Å²) in [5.41, 5.74) is 9.25. The van der Waals surface area contributed by atoms with E-state index in [4.69, 9.17) is 19.9 Å². The summed E-state index contributed by atoms with van der Waals surface area (Å²) in [6.45, 7) is 3.66. The molecule has 2 aromatic carbocycles. The van der Waals surface area contributed by atoms with E-state index in [2.05, 4.69) is 17.0 Å². The van der Waals surface area contributed by atoms with E-state index < -0.39 is 0 Å². The van der Waals surface area contributed by atoms with Gasteiger partial charge in [0.1, 0.15) is 5.75 Å². The quantitative estimate of drug-likeness (QED) is 0.619. The molecular formula is C20H26N2O3. The number of ether oxygens (including phenoxy) is 3. The Bertz CT molecular complexity index is 718. The number of hydrogen-bond donors (Lipinski definition) is 1. The monoisotopic (exact) mass is 342 g/mol. The average molecular weight is 342 g/mol. The van der Waals surface area contributed by atoms with Crippen molar-refractivity contribution in [1.82, 2.24) is 4.90 Å². The molecule has 0 fully saturated rings. The molecule has 5 heteroatoms. The minimum Gasteiger partial charge on any atom is -0.493 e. The summed E-state index contributed by atoms with van der Waals surface area (Å²) < 4.78 is 16.6. The lowest BCUT2D eigenvalue weighted by molar-refractivity contribution is 0.220. The van der Waals surface area contributed by atoms with Crippen molar-refractivity contribution >= 4 is 5.69 Å². The third kappa shape index (κ3) is 4.17. The highest BCUT2D eigenvalue weighted by molar-refractivity contribution is 5.51. The summed E-state index contributed by atoms with van der Waals surface area (Å²) >= 11 is 0. The van der Waals surface area contributed by atoms with E-state index in [1.165, 1.54) is 11.1 Å². The van der Waals surface area contributed by atoms with Crippen LogP contribution in [0.5, 0.6) is 17.2 Å². The number of methoxy groups -OCH3 is 2. The molecule has 0 radical (unpaired) electrons. The van der Waals surface area contributed by atoms with Crippen LogP contribution in [-0.4, -0.2) is 38.8 Å². The summed E-state index contributed by atoms with van der Waals surface area (Å²) in [4.78, 5) is 2.45. The van der Waals surface area contributed by atoms with E-state index in [0.29, 0.717) is 12.3 Å². The number of fused-ring (bicyclic) bond motifs is 1. The Balaban J connectivity index is 1.52. The van der Waals surface area contributed by atoms with Crippen LogP contribution >= 0.6 is 0 Å². The van der Waals surface area contributed by atoms with Gasteiger partial charge in [0, 0.05) is 19.6 Å². The maximum absolute atomic E-state index is 5.89. The second-order valence-corrected chi connectivity index (χ2v) is 6.24. The van der Waals surface area contributed by atoms with Crippen LogP contribution in [0.4, 0.5) is 5.69 Å². The first-order valence-corrected chi connectivity index (χ1v) is 8.64. The molecule has 134 valence electrons. The third-order valence-corrected chi connectivity index (χ3v) is 4.59. The molecule has 0 amide bonds. The Morgan fingerprint density at radius 1 is 1.00 bits per heavy atom. The molecule has 2 aromatic rings. The lowest BCUT2D eigenvalue weighted by Crippen LogP contribution is -2.32. The smallest absolute Gasteiger partial charge is 0.161 e. The topological polar surface area (TPSA) is 57.0 Å². The van der Waals surface area contributed by atoms with Crippen molar-refractivity contribution in [2.45, 2.75) is 19.4 Å². The largest absolute Gasteiger partial charge is 0.493 e. The third-order valence-electron chi connectivity index (χ3n) is 4.59. The van der Waals surface area contributed by atoms with Gasteiger partial charge in [0.25, 0.3) is 0 Å². The fraction of sp³-hybridized carbons (Fsp3) is 0.400. The van der Waals surface area contributed by atoms with Gasteiger partial charge in [-0.25, -0.2) is 0 Å². The Morgan fingerprint density at radius 3 is 2.44 bits per heavy atom. The molecule has 3 rings (SSSR count). The summed E-state index contributed by atoms with van der Waals surface area (Å²) in [5, 5.41) is 0. The number of nitrogens with two attached hydrogens (primary N) is 1. The van der Waals surface area contributed by atoms with Crippen molar-refractivity contribution in [1.29, 1.82) is 0 Å². The van der Waals surface area contributed by atoms with E-state index in [9.17, 15) is 0 Å². The van der Waals surface area contributed by atoms with Gasteiger partial charge in [-0.15, -0.1) is 0 Å². The van der Waals surface area contributed by atoms with Crippen LogP contribution in [-0.2, 0) is 13.0 Å². The summed E-state index contributed by atoms with van der Waals surface area (Å²) in [7, 11) is 3.36. The lowest BCUT2D eigenvalue weighted by Gasteiger charge is -2.29. The maximum atomic E-state index is 5.89. The van der Waals surface area contributed by atoms with Gasteiger partial charge in [0.2, 0.25) is 0 Å². The van der Waals surface area contributed by atoms with Gasteiger partial charge < -0.3 is 19.9 Å². The molecule has 0 saturated carbocycles. The molecule has 0 atom stereocenters. The van der Waals surface area contributed by atoms with Crippen LogP contribution in [0, 0.1) is 0 Å². The molecule has 0 bridgehead atoms. The van der Waals surface area contributed by atoms with E-state index in [-0.39, 0.29) is 0 Å². The normalized spacial score (nSPS) is 14.0. The summed E-state index contributed by atoms with van der Waals surface area (Å²) in [6, 6.07) is 11.8. The van der Waals surface area contributed by atoms with Crippen molar-refractivity contribution < 1.29 is 14.2 Å². The highest BCUT2D eigenvalue weighted by atomic mass is 16.5. The van der Waals surface area contributed by atoms with Crippen LogP contribution in [0.2, 0.25) is 0 Å². The molecule has 2 N–H and O–H groups in total. The van der Waals surface area contributed by atoms with E-state index in [1.54, 1.807) is 14.2 Å². The Morgan fingerprint density at radius 2 is 1.72 bits per heavy atom. The standard InChI is InChI=1S/C20H26N2O3/c1-23-19-12-15-8-10-22(14-16(15)13-20(19)24-2)9-5-11-25-18-7-4-3-6-17(18)21/h3-4,6-7,12-13H,5,8-11,14,21H2,1-2H3. The number of nitrogens with zero attached hydrogens (tertiary/aromatic N) is 1. The minimum atomic E-state index is 0.670. The summed E-state index contributed by atoms with van der Waals surface area (Å²) in [6.07, 6.45) is 2.00. The molecular weight excluding hydrogens is 316 g/mol. The van der Waals surface area contributed by atoms with E-state index >= 15 is 0 Å². The zero-order valence-electron chi connectivity index (χ0n) is 15.0. The van der Waals surface area contributed by atoms with Gasteiger partial charge in [-0.1, -0.05) is 12.1 Å². The fourth-order valence-corrected chi connectivity index (χ4v) is 3.21. The fourth-order valence-electron chi connectivity index (χ4n) is 3.21. The second kappa shape index (κ2) is 8.12. The molecule has 0 aromatic heterocycles. The molecule has 0 spiro atoms. The maximum Gasteiger partial charge on any atom is 0.161 e. The zero-order chi connectivity index (χ0) is 17.6. The molecule has 5 nitrogen and oxygen atoms in total. The van der Waals surface area contributed by atoms with Crippen molar-refractivity contribution in [2.24, 2.45) is 0 Å². The number of rotatable bonds is 7. The molecule has 1 aliphatic rings. The van der Waals surface area contributed by atoms with Crippen LogP contribution in [0.15, 0.2) is 36.4 Å². The number of nitrogen functional groups attached to an aromatic ring is 1. The first-order valence-electron chi connectivity index (χ1n) is 8.64. The predicted molar refractivity (Wildman–Crippen MR) is 99.5 cm³/mol. The Kier molecular flexibility index (Phi) is 5.66. The molecule has 0 saturated heterocycles. The highest BCUT2D eigenvalue weighted by Gasteiger charge is 2.19. The average Bonchev–Trinajstić information content (AvgIpc) is 2.65. The lowest BCUT2D eigenvalue weighted by atomic mass is 9.98. The molecule has 25 heavy (non-hydrogen) atoms. The number of anilines is 1. The van der Waals surface area contributed by atoms with Gasteiger partial charge in [-0.3, -0.25) is 4.90 Å². The van der Waals surface area contributed by atoms with Crippen molar-refractivity contribution in [3.63, 3.8) is 0 Å². The van der Waals surface area contributed by atoms with Crippen molar-refractivity contribution in [3.8, 4) is 17.2 Å².